The van der Waals surface area contributed by atoms with Crippen LogP contribution in [0.25, 0.3) is 0 Å². The molecule has 1 fully saturated rings. The van der Waals surface area contributed by atoms with Crippen molar-refractivity contribution in [1.82, 2.24) is 9.62 Å². The smallest absolute Gasteiger partial charge is 0.277 e. The molecular weight excluding hydrogens is 256 g/mol. The summed E-state index contributed by atoms with van der Waals surface area (Å²) >= 11 is 0. The molecule has 1 amide bonds. The topological polar surface area (TPSA) is 92.5 Å². The molecule has 0 atom stereocenters. The van der Waals surface area contributed by atoms with Crippen LogP contribution in [0.2, 0.25) is 0 Å². The van der Waals surface area contributed by atoms with E-state index >= 15 is 0 Å². The van der Waals surface area contributed by atoms with Gasteiger partial charge in [0.15, 0.2) is 0 Å². The average Bonchev–Trinajstić information content (AvgIpc) is 2.56. The maximum absolute atomic E-state index is 12.7. The largest absolute Gasteiger partial charge is 0.349 e. The molecule has 1 rings (SSSR count). The number of nitrogens with zero attached hydrogens (tertiary/aromatic N) is 1. The second-order valence-corrected chi connectivity index (χ2v) is 5.93. The summed E-state index contributed by atoms with van der Waals surface area (Å²) in [6, 6.07) is 0. The maximum Gasteiger partial charge on any atom is 0.277 e. The number of alkyl halides is 2. The average molecular weight is 271 g/mol. The Morgan fingerprint density at radius 3 is 2.59 bits per heavy atom. The number of rotatable bonds is 5. The van der Waals surface area contributed by atoms with Gasteiger partial charge in [0.25, 0.3) is 5.92 Å². The highest BCUT2D eigenvalue weighted by Crippen LogP contribution is 2.12. The van der Waals surface area contributed by atoms with Gasteiger partial charge in [-0.15, -0.1) is 0 Å². The first-order valence-electron chi connectivity index (χ1n) is 5.09. The molecule has 1 saturated heterocycles. The standard InChI is InChI=1S/C8H15F2N3O3S/c9-8(10,5-11)6-12-7(14)4-13-2-1-3-17(13,15)16/h1-6,11H2,(H,12,14). The third-order valence-corrected chi connectivity index (χ3v) is 4.27. The summed E-state index contributed by atoms with van der Waals surface area (Å²) in [6.45, 7) is -1.91. The Kier molecular flexibility index (Phi) is 4.39. The predicted octanol–water partition coefficient (Wildman–Crippen LogP) is -1.27. The number of nitrogens with one attached hydrogen (secondary N) is 1. The van der Waals surface area contributed by atoms with Crippen LogP contribution in [-0.2, 0) is 14.8 Å². The summed E-state index contributed by atoms with van der Waals surface area (Å²) in [4.78, 5) is 11.3. The molecule has 0 aromatic rings. The zero-order valence-electron chi connectivity index (χ0n) is 9.16. The van der Waals surface area contributed by atoms with Gasteiger partial charge < -0.3 is 11.1 Å². The lowest BCUT2D eigenvalue weighted by Gasteiger charge is -2.17. The molecule has 6 nitrogen and oxygen atoms in total. The monoisotopic (exact) mass is 271 g/mol. The number of hydrogen-bond donors (Lipinski definition) is 2. The van der Waals surface area contributed by atoms with Gasteiger partial charge in [-0.05, 0) is 6.42 Å². The van der Waals surface area contributed by atoms with Crippen molar-refractivity contribution in [3.63, 3.8) is 0 Å². The van der Waals surface area contributed by atoms with E-state index in [1.165, 1.54) is 0 Å². The fraction of sp³-hybridized carbons (Fsp3) is 0.875. The molecule has 0 radical (unpaired) electrons. The normalized spacial score (nSPS) is 20.4. The Labute approximate surface area is 98.2 Å². The molecule has 0 unspecified atom stereocenters. The van der Waals surface area contributed by atoms with Gasteiger partial charge in [-0.2, -0.15) is 4.31 Å². The maximum atomic E-state index is 12.7. The van der Waals surface area contributed by atoms with Crippen LogP contribution in [0, 0.1) is 0 Å². The summed E-state index contributed by atoms with van der Waals surface area (Å²) in [5.74, 6) is -3.91. The van der Waals surface area contributed by atoms with Crippen molar-refractivity contribution in [3.05, 3.63) is 0 Å². The molecule has 9 heteroatoms. The lowest BCUT2D eigenvalue weighted by molar-refractivity contribution is -0.123. The van der Waals surface area contributed by atoms with Crippen molar-refractivity contribution >= 4 is 15.9 Å². The van der Waals surface area contributed by atoms with E-state index < -0.39 is 41.5 Å². The lowest BCUT2D eigenvalue weighted by atomic mass is 10.3. The van der Waals surface area contributed by atoms with Gasteiger partial charge in [0.1, 0.15) is 0 Å². The highest BCUT2D eigenvalue weighted by atomic mass is 32.2. The molecule has 0 saturated carbocycles. The van der Waals surface area contributed by atoms with Gasteiger partial charge in [0.2, 0.25) is 15.9 Å². The van der Waals surface area contributed by atoms with Crippen LogP contribution in [0.1, 0.15) is 6.42 Å². The Balaban J connectivity index is 2.41. The van der Waals surface area contributed by atoms with Crippen molar-refractivity contribution in [2.75, 3.05) is 31.9 Å². The van der Waals surface area contributed by atoms with E-state index in [0.717, 1.165) is 4.31 Å². The Morgan fingerprint density at radius 2 is 2.12 bits per heavy atom. The molecule has 1 aliphatic rings. The molecule has 0 bridgehead atoms. The number of halogens is 2. The Morgan fingerprint density at radius 1 is 1.47 bits per heavy atom. The number of carbonyl (C=O) groups is 1. The number of hydrogen-bond acceptors (Lipinski definition) is 4. The fourth-order valence-electron chi connectivity index (χ4n) is 1.39. The molecule has 1 heterocycles. The highest BCUT2D eigenvalue weighted by Gasteiger charge is 2.31. The van der Waals surface area contributed by atoms with E-state index in [4.69, 9.17) is 5.73 Å². The van der Waals surface area contributed by atoms with Crippen LogP contribution in [0.15, 0.2) is 0 Å². The van der Waals surface area contributed by atoms with E-state index in [2.05, 4.69) is 0 Å². The second kappa shape index (κ2) is 5.23. The molecule has 100 valence electrons. The number of carbonyl (C=O) groups excluding carboxylic acids is 1. The summed E-state index contributed by atoms with van der Waals surface area (Å²) in [5.41, 5.74) is 4.79. The third-order valence-electron chi connectivity index (χ3n) is 2.37. The molecule has 1 aliphatic heterocycles. The van der Waals surface area contributed by atoms with E-state index in [1.54, 1.807) is 0 Å². The molecule has 0 aromatic carbocycles. The quantitative estimate of drug-likeness (QED) is 0.652. The summed E-state index contributed by atoms with van der Waals surface area (Å²) in [6.07, 6.45) is 0.453. The Bertz CT molecular complexity index is 385. The van der Waals surface area contributed by atoms with Crippen molar-refractivity contribution in [2.24, 2.45) is 5.73 Å². The molecule has 0 aliphatic carbocycles. The van der Waals surface area contributed by atoms with E-state index in [1.807, 2.05) is 5.32 Å². The first kappa shape index (κ1) is 14.3. The van der Waals surface area contributed by atoms with Crippen molar-refractivity contribution in [2.45, 2.75) is 12.3 Å². The van der Waals surface area contributed by atoms with E-state index in [-0.39, 0.29) is 12.3 Å². The van der Waals surface area contributed by atoms with Gasteiger partial charge in [0, 0.05) is 6.54 Å². The second-order valence-electron chi connectivity index (χ2n) is 3.84. The minimum Gasteiger partial charge on any atom is -0.349 e. The lowest BCUT2D eigenvalue weighted by Crippen LogP contribution is -2.45. The van der Waals surface area contributed by atoms with Gasteiger partial charge in [0.05, 0.1) is 25.4 Å². The fourth-order valence-corrected chi connectivity index (χ4v) is 2.86. The summed E-state index contributed by atoms with van der Waals surface area (Å²) in [7, 11) is -3.38. The van der Waals surface area contributed by atoms with Crippen LogP contribution >= 0.6 is 0 Å². The van der Waals surface area contributed by atoms with Gasteiger partial charge >= 0.3 is 0 Å². The van der Waals surface area contributed by atoms with Crippen LogP contribution in [0.4, 0.5) is 8.78 Å². The molecule has 17 heavy (non-hydrogen) atoms. The van der Waals surface area contributed by atoms with Crippen LogP contribution in [-0.4, -0.2) is 56.5 Å². The zero-order chi connectivity index (χ0) is 13.1. The Hall–Kier alpha value is -0.800. The van der Waals surface area contributed by atoms with Crippen LogP contribution in [0.5, 0.6) is 0 Å². The van der Waals surface area contributed by atoms with Crippen molar-refractivity contribution < 1.29 is 22.0 Å². The SMILES string of the molecule is NCC(F)(F)CNC(=O)CN1CCCS1(=O)=O. The summed E-state index contributed by atoms with van der Waals surface area (Å²) < 4.78 is 49.1. The molecule has 0 spiro atoms. The van der Waals surface area contributed by atoms with Crippen molar-refractivity contribution in [1.29, 1.82) is 0 Å². The molecule has 0 aromatic heterocycles. The molecular formula is C8H15F2N3O3S. The predicted molar refractivity (Wildman–Crippen MR) is 57.0 cm³/mol. The van der Waals surface area contributed by atoms with E-state index in [0.29, 0.717) is 6.42 Å². The van der Waals surface area contributed by atoms with Gasteiger partial charge in [-0.1, -0.05) is 0 Å². The van der Waals surface area contributed by atoms with Crippen LogP contribution < -0.4 is 11.1 Å². The first-order valence-corrected chi connectivity index (χ1v) is 6.70. The zero-order valence-corrected chi connectivity index (χ0v) is 9.97. The highest BCUT2D eigenvalue weighted by molar-refractivity contribution is 7.89. The molecule has 3 N–H and O–H groups in total. The van der Waals surface area contributed by atoms with E-state index in [9.17, 15) is 22.0 Å². The number of sulfonamides is 1. The van der Waals surface area contributed by atoms with Crippen LogP contribution in [0.3, 0.4) is 0 Å². The number of nitrogens with two attached hydrogens (primary N) is 1. The van der Waals surface area contributed by atoms with Crippen molar-refractivity contribution in [3.8, 4) is 0 Å². The minimum atomic E-state index is -3.38. The summed E-state index contributed by atoms with van der Waals surface area (Å²) in [5, 5.41) is 1.96. The van der Waals surface area contributed by atoms with Gasteiger partial charge in [-0.25, -0.2) is 17.2 Å². The number of amides is 1. The first-order chi connectivity index (χ1) is 7.77. The minimum absolute atomic E-state index is 0.000754. The van der Waals surface area contributed by atoms with Gasteiger partial charge in [-0.3, -0.25) is 4.79 Å². The third kappa shape index (κ3) is 4.17.